The van der Waals surface area contributed by atoms with Crippen molar-refractivity contribution in [3.8, 4) is 0 Å². The lowest BCUT2D eigenvalue weighted by Gasteiger charge is -2.12. The Morgan fingerprint density at radius 3 is 2.58 bits per heavy atom. The summed E-state index contributed by atoms with van der Waals surface area (Å²) < 4.78 is 0. The molecule has 0 bridgehead atoms. The van der Waals surface area contributed by atoms with Crippen molar-refractivity contribution in [1.82, 2.24) is 0 Å². The van der Waals surface area contributed by atoms with Crippen LogP contribution >= 0.6 is 0 Å². The van der Waals surface area contributed by atoms with Gasteiger partial charge in [-0.1, -0.05) is 18.2 Å². The summed E-state index contributed by atoms with van der Waals surface area (Å²) in [6, 6.07) is 12.3. The molecule has 3 heteroatoms. The summed E-state index contributed by atoms with van der Waals surface area (Å²) >= 11 is 0. The van der Waals surface area contributed by atoms with E-state index >= 15 is 0 Å². The largest absolute Gasteiger partial charge is 0.398 e. The molecule has 0 aliphatic rings. The molecule has 5 N–H and O–H groups in total. The van der Waals surface area contributed by atoms with Crippen LogP contribution in [0.3, 0.4) is 0 Å². The van der Waals surface area contributed by atoms with Crippen molar-refractivity contribution >= 4 is 11.4 Å². The zero-order valence-corrected chi connectivity index (χ0v) is 11.5. The summed E-state index contributed by atoms with van der Waals surface area (Å²) in [6.07, 6.45) is 0. The Morgan fingerprint density at radius 1 is 1.05 bits per heavy atom. The van der Waals surface area contributed by atoms with Crippen LogP contribution in [0.15, 0.2) is 36.4 Å². The van der Waals surface area contributed by atoms with E-state index in [0.29, 0.717) is 6.54 Å². The highest BCUT2D eigenvalue weighted by Crippen LogP contribution is 2.19. The molecule has 0 atom stereocenters. The van der Waals surface area contributed by atoms with Crippen LogP contribution in [0.2, 0.25) is 0 Å². The summed E-state index contributed by atoms with van der Waals surface area (Å²) in [5.74, 6) is 0. The molecule has 100 valence electrons. The standard InChI is InChI=1S/C16H21N3/c1-11-4-3-5-13(12(11)2)10-19-15-6-7-16(18)14(8-15)9-17/h3-8,19H,9-10,17-18H2,1-2H3. The Balaban J connectivity index is 2.12. The van der Waals surface area contributed by atoms with Gasteiger partial charge in [0.05, 0.1) is 0 Å². The van der Waals surface area contributed by atoms with Gasteiger partial charge in [-0.25, -0.2) is 0 Å². The maximum atomic E-state index is 5.84. The lowest BCUT2D eigenvalue weighted by atomic mass is 10.0. The average Bonchev–Trinajstić information content (AvgIpc) is 2.42. The van der Waals surface area contributed by atoms with Crippen molar-refractivity contribution in [2.24, 2.45) is 5.73 Å². The van der Waals surface area contributed by atoms with Crippen LogP contribution in [0, 0.1) is 13.8 Å². The molecule has 0 aromatic heterocycles. The predicted octanol–water partition coefficient (Wildman–Crippen LogP) is 2.96. The normalized spacial score (nSPS) is 10.5. The van der Waals surface area contributed by atoms with Crippen LogP contribution in [0.1, 0.15) is 22.3 Å². The van der Waals surface area contributed by atoms with Gasteiger partial charge in [-0.2, -0.15) is 0 Å². The van der Waals surface area contributed by atoms with E-state index < -0.39 is 0 Å². The molecule has 0 saturated carbocycles. The first-order valence-electron chi connectivity index (χ1n) is 6.49. The summed E-state index contributed by atoms with van der Waals surface area (Å²) in [5, 5.41) is 3.42. The highest BCUT2D eigenvalue weighted by Gasteiger charge is 2.02. The third kappa shape index (κ3) is 3.06. The van der Waals surface area contributed by atoms with E-state index in [1.807, 2.05) is 18.2 Å². The molecule has 0 radical (unpaired) electrons. The lowest BCUT2D eigenvalue weighted by molar-refractivity contribution is 1.06. The fourth-order valence-electron chi connectivity index (χ4n) is 2.09. The molecule has 0 unspecified atom stereocenters. The van der Waals surface area contributed by atoms with Crippen LogP contribution < -0.4 is 16.8 Å². The van der Waals surface area contributed by atoms with Crippen molar-refractivity contribution in [3.63, 3.8) is 0 Å². The molecule has 19 heavy (non-hydrogen) atoms. The van der Waals surface area contributed by atoms with Crippen LogP contribution in [-0.2, 0) is 13.1 Å². The number of rotatable bonds is 4. The monoisotopic (exact) mass is 255 g/mol. The second-order valence-corrected chi connectivity index (χ2v) is 4.83. The third-order valence-electron chi connectivity index (χ3n) is 3.56. The first-order chi connectivity index (χ1) is 9.11. The van der Waals surface area contributed by atoms with Gasteiger partial charge < -0.3 is 16.8 Å². The Labute approximate surface area is 114 Å². The van der Waals surface area contributed by atoms with E-state index in [1.165, 1.54) is 16.7 Å². The van der Waals surface area contributed by atoms with E-state index in [9.17, 15) is 0 Å². The summed E-state index contributed by atoms with van der Waals surface area (Å²) in [6.45, 7) is 5.56. The molecule has 0 aliphatic carbocycles. The molecule has 0 fully saturated rings. The Morgan fingerprint density at radius 2 is 1.84 bits per heavy atom. The number of nitrogens with one attached hydrogen (secondary N) is 1. The molecule has 3 nitrogen and oxygen atoms in total. The van der Waals surface area contributed by atoms with Crippen LogP contribution in [0.5, 0.6) is 0 Å². The molecule has 0 amide bonds. The van der Waals surface area contributed by atoms with Crippen molar-refractivity contribution in [3.05, 3.63) is 58.7 Å². The van der Waals surface area contributed by atoms with Crippen molar-refractivity contribution in [2.75, 3.05) is 11.1 Å². The zero-order valence-electron chi connectivity index (χ0n) is 11.5. The summed E-state index contributed by atoms with van der Waals surface area (Å²) in [4.78, 5) is 0. The van der Waals surface area contributed by atoms with E-state index in [2.05, 4.69) is 37.4 Å². The van der Waals surface area contributed by atoms with E-state index in [0.717, 1.165) is 23.5 Å². The van der Waals surface area contributed by atoms with Crippen LogP contribution in [0.25, 0.3) is 0 Å². The Bertz CT molecular complexity index is 576. The molecule has 0 aliphatic heterocycles. The quantitative estimate of drug-likeness (QED) is 0.736. The number of aryl methyl sites for hydroxylation is 1. The van der Waals surface area contributed by atoms with Gasteiger partial charge in [0.2, 0.25) is 0 Å². The molecule has 0 spiro atoms. The van der Waals surface area contributed by atoms with E-state index in [1.54, 1.807) is 0 Å². The number of hydrogen-bond donors (Lipinski definition) is 3. The van der Waals surface area contributed by atoms with Gasteiger partial charge in [0.25, 0.3) is 0 Å². The molecule has 2 aromatic rings. The van der Waals surface area contributed by atoms with Crippen molar-refractivity contribution in [2.45, 2.75) is 26.9 Å². The second kappa shape index (κ2) is 5.76. The average molecular weight is 255 g/mol. The number of benzene rings is 2. The smallest absolute Gasteiger partial charge is 0.0403 e. The number of nitrogens with two attached hydrogens (primary N) is 2. The zero-order chi connectivity index (χ0) is 13.8. The lowest BCUT2D eigenvalue weighted by Crippen LogP contribution is -2.05. The van der Waals surface area contributed by atoms with Gasteiger partial charge in [0.1, 0.15) is 0 Å². The first-order valence-corrected chi connectivity index (χ1v) is 6.49. The number of anilines is 2. The Hall–Kier alpha value is -2.00. The first kappa shape index (κ1) is 13.4. The van der Waals surface area contributed by atoms with Crippen LogP contribution in [-0.4, -0.2) is 0 Å². The molecule has 0 saturated heterocycles. The van der Waals surface area contributed by atoms with Crippen molar-refractivity contribution < 1.29 is 0 Å². The number of hydrogen-bond acceptors (Lipinski definition) is 3. The van der Waals surface area contributed by atoms with Crippen molar-refractivity contribution in [1.29, 1.82) is 0 Å². The molecule has 2 aromatic carbocycles. The van der Waals surface area contributed by atoms with Gasteiger partial charge in [0, 0.05) is 24.5 Å². The van der Waals surface area contributed by atoms with Gasteiger partial charge in [-0.05, 0) is 54.3 Å². The van der Waals surface area contributed by atoms with Gasteiger partial charge >= 0.3 is 0 Å². The minimum Gasteiger partial charge on any atom is -0.398 e. The van der Waals surface area contributed by atoms with E-state index in [4.69, 9.17) is 11.5 Å². The maximum absolute atomic E-state index is 5.84. The topological polar surface area (TPSA) is 64.1 Å². The SMILES string of the molecule is Cc1cccc(CNc2ccc(N)c(CN)c2)c1C. The number of nitrogen functional groups attached to an aromatic ring is 1. The fraction of sp³-hybridized carbons (Fsp3) is 0.250. The minimum atomic E-state index is 0.463. The van der Waals surface area contributed by atoms with E-state index in [-0.39, 0.29) is 0 Å². The molecule has 0 heterocycles. The molecular weight excluding hydrogens is 234 g/mol. The minimum absolute atomic E-state index is 0.463. The maximum Gasteiger partial charge on any atom is 0.0403 e. The highest BCUT2D eigenvalue weighted by molar-refractivity contribution is 5.57. The summed E-state index contributed by atoms with van der Waals surface area (Å²) in [7, 11) is 0. The predicted molar refractivity (Wildman–Crippen MR) is 82.0 cm³/mol. The molecule has 2 rings (SSSR count). The van der Waals surface area contributed by atoms with Gasteiger partial charge in [-0.3, -0.25) is 0 Å². The fourth-order valence-corrected chi connectivity index (χ4v) is 2.09. The second-order valence-electron chi connectivity index (χ2n) is 4.83. The van der Waals surface area contributed by atoms with Crippen LogP contribution in [0.4, 0.5) is 11.4 Å². The highest BCUT2D eigenvalue weighted by atomic mass is 14.9. The third-order valence-corrected chi connectivity index (χ3v) is 3.56. The Kier molecular flexibility index (Phi) is 4.07. The van der Waals surface area contributed by atoms with Gasteiger partial charge in [-0.15, -0.1) is 0 Å². The van der Waals surface area contributed by atoms with Gasteiger partial charge in [0.15, 0.2) is 0 Å². The molecular formula is C16H21N3. The summed E-state index contributed by atoms with van der Waals surface area (Å²) in [5.41, 5.74) is 18.3.